The monoisotopic (exact) mass is 228 g/mol. The van der Waals surface area contributed by atoms with E-state index < -0.39 is 18.3 Å². The van der Waals surface area contributed by atoms with Crippen molar-refractivity contribution in [3.8, 4) is 0 Å². The van der Waals surface area contributed by atoms with Gasteiger partial charge in [-0.1, -0.05) is 0 Å². The van der Waals surface area contributed by atoms with Crippen molar-refractivity contribution in [3.05, 3.63) is 0 Å². The predicted octanol–water partition coefficient (Wildman–Crippen LogP) is -5.17. The summed E-state index contributed by atoms with van der Waals surface area (Å²) in [6.07, 6.45) is 0. The summed E-state index contributed by atoms with van der Waals surface area (Å²) in [6.45, 7) is 0. The molecular formula is H7Na3O6Si2. The predicted molar refractivity (Wildman–Crippen MR) is 43.2 cm³/mol. The molecule has 11 heteroatoms. The van der Waals surface area contributed by atoms with Gasteiger partial charge in [-0.2, -0.15) is 0 Å². The van der Waals surface area contributed by atoms with Gasteiger partial charge in [-0.25, -0.2) is 0 Å². The van der Waals surface area contributed by atoms with Crippen molar-refractivity contribution in [1.82, 2.24) is 0 Å². The molecule has 0 aromatic heterocycles. The molecule has 0 radical (unpaired) electrons. The Bertz CT molecular complexity index is 73.8. The molecule has 11 heavy (non-hydrogen) atoms. The molecule has 0 aromatic rings. The van der Waals surface area contributed by atoms with Crippen LogP contribution in [0.25, 0.3) is 0 Å². The summed E-state index contributed by atoms with van der Waals surface area (Å²) in [5.74, 6) is 0. The van der Waals surface area contributed by atoms with Gasteiger partial charge in [0.25, 0.3) is 0 Å². The molecule has 0 fully saturated rings. The van der Waals surface area contributed by atoms with E-state index in [0.717, 1.165) is 0 Å². The Morgan fingerprint density at radius 2 is 0.636 bits per heavy atom. The third kappa shape index (κ3) is 257. The van der Waals surface area contributed by atoms with Gasteiger partial charge < -0.3 is 19.2 Å². The first-order chi connectivity index (χ1) is 3.46. The van der Waals surface area contributed by atoms with Crippen LogP contribution < -0.4 is 0 Å². The molecule has 0 bridgehead atoms. The molecule has 0 aliphatic carbocycles. The first kappa shape index (κ1) is 29.2. The van der Waals surface area contributed by atoms with Crippen molar-refractivity contribution in [2.75, 3.05) is 0 Å². The summed E-state index contributed by atoms with van der Waals surface area (Å²) in [4.78, 5) is 28.6. The summed E-state index contributed by atoms with van der Waals surface area (Å²) < 4.78 is 17.5. The molecule has 0 amide bonds. The van der Waals surface area contributed by atoms with Crippen LogP contribution in [0.2, 0.25) is 0 Å². The molecule has 0 heterocycles. The maximum atomic E-state index is 8.74. The zero-order chi connectivity index (χ0) is 7.15. The molecule has 0 unspecified atom stereocenters. The maximum absolute atomic E-state index is 8.74. The molecule has 0 saturated heterocycles. The summed E-state index contributed by atoms with van der Waals surface area (Å²) in [5, 5.41) is 0. The van der Waals surface area contributed by atoms with Gasteiger partial charge in [0.05, 0.1) is 0 Å². The fourth-order valence-electron chi connectivity index (χ4n) is 0. The van der Waals surface area contributed by atoms with Gasteiger partial charge >= 0.3 is 107 Å². The van der Waals surface area contributed by atoms with E-state index in [-0.39, 0.29) is 88.7 Å². The topological polar surface area (TPSA) is 115 Å². The number of hydrogen-bond acceptors (Lipinski definition) is 2. The molecule has 0 aliphatic rings. The van der Waals surface area contributed by atoms with E-state index >= 15 is 0 Å². The molecule has 6 nitrogen and oxygen atoms in total. The second kappa shape index (κ2) is 22.8. The third-order valence-electron chi connectivity index (χ3n) is 0. The normalized spacial score (nSPS) is 4.36. The Morgan fingerprint density at radius 3 is 0.636 bits per heavy atom. The van der Waals surface area contributed by atoms with Crippen LogP contribution in [0.5, 0.6) is 0 Å². The third-order valence-corrected chi connectivity index (χ3v) is 0. The zero-order valence-corrected chi connectivity index (χ0v) is 5.61. The fraction of sp³-hybridized carbons (Fsp3) is 0. The molecule has 0 aliphatic heterocycles. The minimum atomic E-state index is -3.13. The molecule has 0 atom stereocenters. The second-order valence-corrected chi connectivity index (χ2v) is 1.70. The van der Waals surface area contributed by atoms with Crippen molar-refractivity contribution in [2.24, 2.45) is 0 Å². The Balaban J connectivity index is -0.0000000171. The van der Waals surface area contributed by atoms with Crippen molar-refractivity contribution in [2.45, 2.75) is 0 Å². The Kier molecular flexibility index (Phi) is 60.5. The Labute approximate surface area is 133 Å². The average Bonchev–Trinajstić information content (AvgIpc) is 1.25. The van der Waals surface area contributed by atoms with Crippen LogP contribution in [0.1, 0.15) is 0 Å². The van der Waals surface area contributed by atoms with Gasteiger partial charge in [-0.05, 0) is 0 Å². The van der Waals surface area contributed by atoms with Gasteiger partial charge in [0.2, 0.25) is 0 Å². The Morgan fingerprint density at radius 1 is 0.636 bits per heavy atom. The second-order valence-electron chi connectivity index (χ2n) is 0.565. The molecular weight excluding hydrogens is 221 g/mol. The zero-order valence-electron chi connectivity index (χ0n) is 3.61. The first-order valence-corrected chi connectivity index (χ1v) is 3.91. The Hall–Kier alpha value is 2.23. The van der Waals surface area contributed by atoms with E-state index in [0.29, 0.717) is 0 Å². The van der Waals surface area contributed by atoms with Crippen molar-refractivity contribution in [3.63, 3.8) is 0 Å². The van der Waals surface area contributed by atoms with E-state index in [2.05, 4.69) is 0 Å². The summed E-state index contributed by atoms with van der Waals surface area (Å²) in [5.41, 5.74) is 0. The van der Waals surface area contributed by atoms with Crippen molar-refractivity contribution >= 4 is 107 Å². The summed E-state index contributed by atoms with van der Waals surface area (Å²) >= 11 is 0. The average molecular weight is 228 g/mol. The van der Waals surface area contributed by atoms with Crippen LogP contribution in [0.3, 0.4) is 0 Å². The van der Waals surface area contributed by atoms with Gasteiger partial charge in [0, 0.05) is 0 Å². The quantitative estimate of drug-likeness (QED) is 0.308. The van der Waals surface area contributed by atoms with E-state index in [9.17, 15) is 0 Å². The van der Waals surface area contributed by atoms with Gasteiger partial charge in [-0.15, -0.1) is 0 Å². The van der Waals surface area contributed by atoms with E-state index in [1.54, 1.807) is 0 Å². The molecule has 4 N–H and O–H groups in total. The molecule has 0 spiro atoms. The molecule has 54 valence electrons. The van der Waals surface area contributed by atoms with E-state index in [1.807, 2.05) is 0 Å². The fourth-order valence-corrected chi connectivity index (χ4v) is 0. The van der Waals surface area contributed by atoms with Crippen LogP contribution in [-0.2, 0) is 8.92 Å². The number of hydrogen-bond donors (Lipinski definition) is 4. The summed E-state index contributed by atoms with van der Waals surface area (Å²) in [7, 11) is -6.26. The van der Waals surface area contributed by atoms with Crippen LogP contribution in [0.15, 0.2) is 0 Å². The molecule has 0 aromatic carbocycles. The van der Waals surface area contributed by atoms with E-state index in [4.69, 9.17) is 28.1 Å². The van der Waals surface area contributed by atoms with Crippen molar-refractivity contribution < 1.29 is 28.1 Å². The minimum absolute atomic E-state index is 0. The molecule has 0 rings (SSSR count). The van der Waals surface area contributed by atoms with E-state index in [1.165, 1.54) is 0 Å². The standard InChI is InChI=1S/3Na.2H2O3Si.3H/c;;;2*1-4(2)3;;;/h;;;2*1-2H;;;. The van der Waals surface area contributed by atoms with Gasteiger partial charge in [0.1, 0.15) is 0 Å². The molecule has 0 saturated carbocycles. The first-order valence-electron chi connectivity index (χ1n) is 1.30. The van der Waals surface area contributed by atoms with Crippen LogP contribution in [0, 0.1) is 0 Å². The van der Waals surface area contributed by atoms with Crippen LogP contribution >= 0.6 is 0 Å². The SMILES string of the molecule is O=[Si](O)O.O=[Si](O)O.[NaH].[NaH].[NaH]. The summed E-state index contributed by atoms with van der Waals surface area (Å²) in [6, 6.07) is 0. The van der Waals surface area contributed by atoms with Gasteiger partial charge in [0.15, 0.2) is 0 Å². The number of rotatable bonds is 0. The van der Waals surface area contributed by atoms with Gasteiger partial charge in [-0.3, -0.25) is 8.92 Å². The van der Waals surface area contributed by atoms with Crippen LogP contribution in [-0.4, -0.2) is 126 Å². The van der Waals surface area contributed by atoms with Crippen molar-refractivity contribution in [1.29, 1.82) is 0 Å². The van der Waals surface area contributed by atoms with Crippen LogP contribution in [0.4, 0.5) is 0 Å².